The summed E-state index contributed by atoms with van der Waals surface area (Å²) in [6.45, 7) is 3.49. The lowest BCUT2D eigenvalue weighted by atomic mass is 10.1. The summed E-state index contributed by atoms with van der Waals surface area (Å²) in [5.74, 6) is -0.392. The number of fused-ring (bicyclic) bond motifs is 2. The molecule has 0 aliphatic carbocycles. The molecule has 188 valence electrons. The molecule has 0 radical (unpaired) electrons. The average Bonchev–Trinajstić information content (AvgIpc) is 3.19. The number of halogens is 1. The fourth-order valence-corrected chi connectivity index (χ4v) is 5.27. The average molecular weight is 536 g/mol. The van der Waals surface area contributed by atoms with E-state index < -0.39 is 21.8 Å². The molecule has 0 saturated heterocycles. The molecule has 0 bridgehead atoms. The Hall–Kier alpha value is -4.02. The Labute approximate surface area is 217 Å². The van der Waals surface area contributed by atoms with Crippen molar-refractivity contribution in [3.05, 3.63) is 99.3 Å². The molecule has 0 spiro atoms. The summed E-state index contributed by atoms with van der Waals surface area (Å²) in [6, 6.07) is 14.0. The molecule has 1 amide bonds. The van der Waals surface area contributed by atoms with Crippen LogP contribution in [-0.4, -0.2) is 39.7 Å². The quantitative estimate of drug-likeness (QED) is 0.365. The SMILES string of the molecule is Cc1nn2cccnc2c1C(=O)N[C@@H](C)c1cc2cccc(Cl)c2c(=O)n1-c1ccc(S(C)(=O)=O)cc1. The van der Waals surface area contributed by atoms with Gasteiger partial charge in [0.1, 0.15) is 5.56 Å². The highest BCUT2D eigenvalue weighted by atomic mass is 35.5. The molecular formula is C26H22ClN5O4S. The third-order valence-electron chi connectivity index (χ3n) is 6.14. The summed E-state index contributed by atoms with van der Waals surface area (Å²) in [7, 11) is -3.42. The number of hydrogen-bond donors (Lipinski definition) is 1. The molecule has 0 unspecified atom stereocenters. The number of benzene rings is 2. The van der Waals surface area contributed by atoms with Gasteiger partial charge in [0.05, 0.1) is 27.0 Å². The van der Waals surface area contributed by atoms with Gasteiger partial charge >= 0.3 is 0 Å². The molecule has 9 nitrogen and oxygen atoms in total. The number of rotatable bonds is 5. The lowest BCUT2D eigenvalue weighted by Gasteiger charge is -2.21. The van der Waals surface area contributed by atoms with Crippen molar-refractivity contribution in [2.24, 2.45) is 0 Å². The van der Waals surface area contributed by atoms with Crippen molar-refractivity contribution in [1.82, 2.24) is 24.5 Å². The van der Waals surface area contributed by atoms with E-state index in [0.29, 0.717) is 44.1 Å². The van der Waals surface area contributed by atoms with Crippen molar-refractivity contribution in [3.63, 3.8) is 0 Å². The van der Waals surface area contributed by atoms with Crippen LogP contribution >= 0.6 is 11.6 Å². The molecule has 0 aliphatic heterocycles. The van der Waals surface area contributed by atoms with Crippen molar-refractivity contribution in [2.75, 3.05) is 6.26 Å². The van der Waals surface area contributed by atoms with Crippen LogP contribution in [0.2, 0.25) is 5.02 Å². The predicted molar refractivity (Wildman–Crippen MR) is 141 cm³/mol. The first kappa shape index (κ1) is 24.7. The van der Waals surface area contributed by atoms with Gasteiger partial charge in [-0.05, 0) is 61.7 Å². The van der Waals surface area contributed by atoms with E-state index in [1.807, 2.05) is 0 Å². The van der Waals surface area contributed by atoms with Gasteiger partial charge in [-0.2, -0.15) is 5.10 Å². The number of carbonyl (C=O) groups is 1. The second kappa shape index (κ2) is 9.13. The number of nitrogens with one attached hydrogen (secondary N) is 1. The number of aryl methyl sites for hydroxylation is 1. The Morgan fingerprint density at radius 1 is 1.11 bits per heavy atom. The van der Waals surface area contributed by atoms with Crippen LogP contribution in [0, 0.1) is 6.92 Å². The third-order valence-corrected chi connectivity index (χ3v) is 7.58. The summed E-state index contributed by atoms with van der Waals surface area (Å²) in [4.78, 5) is 31.5. The zero-order chi connectivity index (χ0) is 26.5. The Balaban J connectivity index is 1.64. The number of amides is 1. The molecule has 0 aliphatic rings. The van der Waals surface area contributed by atoms with Crippen molar-refractivity contribution >= 4 is 43.8 Å². The van der Waals surface area contributed by atoms with E-state index in [9.17, 15) is 18.0 Å². The molecule has 11 heteroatoms. The zero-order valence-electron chi connectivity index (χ0n) is 20.1. The Morgan fingerprint density at radius 3 is 2.54 bits per heavy atom. The molecule has 2 aromatic carbocycles. The summed E-state index contributed by atoms with van der Waals surface area (Å²) in [5.41, 5.74) is 1.81. The van der Waals surface area contributed by atoms with Crippen molar-refractivity contribution in [2.45, 2.75) is 24.8 Å². The smallest absolute Gasteiger partial charge is 0.264 e. The van der Waals surface area contributed by atoms with Crippen LogP contribution in [-0.2, 0) is 9.84 Å². The molecule has 5 rings (SSSR count). The molecule has 37 heavy (non-hydrogen) atoms. The molecule has 1 N–H and O–H groups in total. The summed E-state index contributed by atoms with van der Waals surface area (Å²) in [5, 5.41) is 8.54. The Morgan fingerprint density at radius 2 is 1.84 bits per heavy atom. The van der Waals surface area contributed by atoms with E-state index in [4.69, 9.17) is 11.6 Å². The molecular weight excluding hydrogens is 514 g/mol. The van der Waals surface area contributed by atoms with E-state index in [1.54, 1.807) is 68.7 Å². The molecule has 0 fully saturated rings. The van der Waals surface area contributed by atoms with Crippen LogP contribution in [0.4, 0.5) is 0 Å². The number of aromatic nitrogens is 4. The predicted octanol–water partition coefficient (Wildman–Crippen LogP) is 3.89. The van der Waals surface area contributed by atoms with E-state index in [2.05, 4.69) is 15.4 Å². The van der Waals surface area contributed by atoms with Gasteiger partial charge in [-0.3, -0.25) is 14.2 Å². The maximum absolute atomic E-state index is 13.7. The minimum Gasteiger partial charge on any atom is -0.344 e. The van der Waals surface area contributed by atoms with Crippen molar-refractivity contribution in [3.8, 4) is 5.69 Å². The standard InChI is InChI=1S/C26H22ClN5O4S/c1-15(29-25(33)22-16(2)30-31-13-5-12-28-24(22)31)21-14-17-6-4-7-20(27)23(17)26(34)32(21)18-8-10-19(11-9-18)37(3,35)36/h4-15H,1-3H3,(H,29,33)/t15-/m0/s1. The summed E-state index contributed by atoms with van der Waals surface area (Å²) >= 11 is 6.38. The minimum absolute atomic E-state index is 0.127. The number of hydrogen-bond acceptors (Lipinski definition) is 6. The zero-order valence-corrected chi connectivity index (χ0v) is 21.7. The maximum atomic E-state index is 13.7. The van der Waals surface area contributed by atoms with E-state index in [1.165, 1.54) is 21.2 Å². The molecule has 5 aromatic rings. The Bertz CT molecular complexity index is 1860. The largest absolute Gasteiger partial charge is 0.344 e. The van der Waals surface area contributed by atoms with Gasteiger partial charge in [-0.25, -0.2) is 17.9 Å². The van der Waals surface area contributed by atoms with E-state index >= 15 is 0 Å². The normalized spacial score (nSPS) is 12.6. The maximum Gasteiger partial charge on any atom is 0.264 e. The first-order valence-electron chi connectivity index (χ1n) is 11.3. The van der Waals surface area contributed by atoms with Gasteiger partial charge in [0.25, 0.3) is 11.5 Å². The van der Waals surface area contributed by atoms with Gasteiger partial charge in [-0.15, -0.1) is 0 Å². The van der Waals surface area contributed by atoms with Gasteiger partial charge in [0, 0.05) is 30.0 Å². The molecule has 3 heterocycles. The molecule has 1 atom stereocenters. The van der Waals surface area contributed by atoms with Crippen molar-refractivity contribution < 1.29 is 13.2 Å². The fourth-order valence-electron chi connectivity index (χ4n) is 4.37. The highest BCUT2D eigenvalue weighted by molar-refractivity contribution is 7.90. The summed E-state index contributed by atoms with van der Waals surface area (Å²) < 4.78 is 26.9. The third kappa shape index (κ3) is 4.38. The van der Waals surface area contributed by atoms with Gasteiger partial charge < -0.3 is 5.32 Å². The second-order valence-electron chi connectivity index (χ2n) is 8.72. The fraction of sp³-hybridized carbons (Fsp3) is 0.154. The highest BCUT2D eigenvalue weighted by Crippen LogP contribution is 2.26. The monoisotopic (exact) mass is 535 g/mol. The van der Waals surface area contributed by atoms with Crippen LogP contribution < -0.4 is 10.9 Å². The first-order chi connectivity index (χ1) is 17.6. The minimum atomic E-state index is -3.42. The van der Waals surface area contributed by atoms with Crippen molar-refractivity contribution in [1.29, 1.82) is 0 Å². The highest BCUT2D eigenvalue weighted by Gasteiger charge is 2.23. The van der Waals surface area contributed by atoms with Crippen LogP contribution in [0.5, 0.6) is 0 Å². The van der Waals surface area contributed by atoms with E-state index in [-0.39, 0.29) is 10.5 Å². The lowest BCUT2D eigenvalue weighted by Crippen LogP contribution is -2.32. The Kier molecular flexibility index (Phi) is 6.09. The number of pyridine rings is 1. The molecule has 0 saturated carbocycles. The van der Waals surface area contributed by atoms with Crippen LogP contribution in [0.3, 0.4) is 0 Å². The second-order valence-corrected chi connectivity index (χ2v) is 11.1. The van der Waals surface area contributed by atoms with E-state index in [0.717, 1.165) is 6.26 Å². The first-order valence-corrected chi connectivity index (χ1v) is 13.6. The van der Waals surface area contributed by atoms with Crippen LogP contribution in [0.25, 0.3) is 22.1 Å². The number of sulfone groups is 1. The number of nitrogens with zero attached hydrogens (tertiary/aromatic N) is 4. The van der Waals surface area contributed by atoms with Crippen LogP contribution in [0.15, 0.2) is 76.7 Å². The molecule has 3 aromatic heterocycles. The van der Waals surface area contributed by atoms with Gasteiger partial charge in [-0.1, -0.05) is 23.7 Å². The van der Waals surface area contributed by atoms with Gasteiger partial charge in [0.2, 0.25) is 0 Å². The van der Waals surface area contributed by atoms with Crippen LogP contribution in [0.1, 0.15) is 34.7 Å². The number of carbonyl (C=O) groups excluding carboxylic acids is 1. The summed E-state index contributed by atoms with van der Waals surface area (Å²) in [6.07, 6.45) is 4.41. The topological polar surface area (TPSA) is 115 Å². The lowest BCUT2D eigenvalue weighted by molar-refractivity contribution is 0.0939. The van der Waals surface area contributed by atoms with Gasteiger partial charge in [0.15, 0.2) is 15.5 Å².